The Bertz CT molecular complexity index is 486. The first kappa shape index (κ1) is 26.1. The predicted molar refractivity (Wildman–Crippen MR) is 124 cm³/mol. The Balaban J connectivity index is 0.00000676. The van der Waals surface area contributed by atoms with Crippen molar-refractivity contribution in [2.75, 3.05) is 60.7 Å². The lowest BCUT2D eigenvalue weighted by molar-refractivity contribution is 0.0698. The van der Waals surface area contributed by atoms with E-state index in [1.165, 1.54) is 5.56 Å². The molecule has 1 unspecified atom stereocenters. The normalized spacial score (nSPS) is 12.6. The van der Waals surface area contributed by atoms with Crippen LogP contribution in [0.15, 0.2) is 35.3 Å². The smallest absolute Gasteiger partial charge is 0.191 e. The van der Waals surface area contributed by atoms with Crippen molar-refractivity contribution in [3.8, 4) is 0 Å². The quantitative estimate of drug-likeness (QED) is 0.192. The fraction of sp³-hybridized carbons (Fsp3) is 0.650. The van der Waals surface area contributed by atoms with Crippen LogP contribution >= 0.6 is 24.0 Å². The first-order valence-electron chi connectivity index (χ1n) is 9.46. The number of nitrogens with one attached hydrogen (secondary N) is 2. The lowest BCUT2D eigenvalue weighted by Crippen LogP contribution is -2.40. The molecule has 1 aromatic rings. The highest BCUT2D eigenvalue weighted by atomic mass is 127. The molecule has 0 saturated carbocycles. The summed E-state index contributed by atoms with van der Waals surface area (Å²) in [5.74, 6) is 0.865. The molecular weight excluding hydrogens is 455 g/mol. The Labute approximate surface area is 182 Å². The number of halogens is 1. The third kappa shape index (κ3) is 13.0. The second kappa shape index (κ2) is 17.2. The molecule has 0 spiro atoms. The number of guanidine groups is 1. The predicted octanol–water partition coefficient (Wildman–Crippen LogP) is 2.39. The van der Waals surface area contributed by atoms with Crippen LogP contribution in [0.2, 0.25) is 0 Å². The maximum Gasteiger partial charge on any atom is 0.191 e. The van der Waals surface area contributed by atoms with Crippen molar-refractivity contribution in [2.24, 2.45) is 4.99 Å². The number of likely N-dealkylation sites (N-methyl/N-ethyl adjacent to an activating group) is 1. The average Bonchev–Trinajstić information content (AvgIpc) is 2.64. The van der Waals surface area contributed by atoms with Crippen LogP contribution in [0.1, 0.15) is 18.9 Å². The molecule has 2 N–H and O–H groups in total. The van der Waals surface area contributed by atoms with Crippen LogP contribution in [-0.4, -0.2) is 77.6 Å². The van der Waals surface area contributed by atoms with Crippen LogP contribution in [0.3, 0.4) is 0 Å². The van der Waals surface area contributed by atoms with Gasteiger partial charge in [0, 0.05) is 32.8 Å². The molecular formula is C20H37IN4O2. The van der Waals surface area contributed by atoms with Gasteiger partial charge < -0.3 is 25.0 Å². The fourth-order valence-electron chi connectivity index (χ4n) is 2.46. The van der Waals surface area contributed by atoms with Gasteiger partial charge in [0.1, 0.15) is 0 Å². The molecule has 0 fully saturated rings. The molecule has 0 aromatic heterocycles. The van der Waals surface area contributed by atoms with Crippen molar-refractivity contribution in [3.63, 3.8) is 0 Å². The molecule has 0 aliphatic carbocycles. The third-order valence-corrected chi connectivity index (χ3v) is 4.04. The maximum absolute atomic E-state index is 5.48. The highest BCUT2D eigenvalue weighted by molar-refractivity contribution is 14.0. The van der Waals surface area contributed by atoms with E-state index in [9.17, 15) is 0 Å². The second-order valence-corrected chi connectivity index (χ2v) is 6.41. The van der Waals surface area contributed by atoms with Crippen LogP contribution < -0.4 is 10.6 Å². The summed E-state index contributed by atoms with van der Waals surface area (Å²) >= 11 is 0. The standard InChI is InChI=1S/C20H36N4O2.HI/c1-5-21-20(22-12-9-13-26-15-14-25-4)23-17-19(24(2)3)16-18-10-7-6-8-11-18;/h6-8,10-11,19H,5,9,12-17H2,1-4H3,(H2,21,22,23);1H. The van der Waals surface area contributed by atoms with E-state index in [4.69, 9.17) is 14.5 Å². The summed E-state index contributed by atoms with van der Waals surface area (Å²) in [5, 5.41) is 6.69. The van der Waals surface area contributed by atoms with Gasteiger partial charge in [-0.25, -0.2) is 0 Å². The number of aliphatic imine (C=N–C) groups is 1. The molecule has 0 amide bonds. The molecule has 156 valence electrons. The summed E-state index contributed by atoms with van der Waals surface area (Å²) in [6.45, 7) is 6.54. The van der Waals surface area contributed by atoms with Crippen molar-refractivity contribution in [3.05, 3.63) is 35.9 Å². The largest absolute Gasteiger partial charge is 0.382 e. The number of ether oxygens (including phenoxy) is 2. The molecule has 7 heteroatoms. The molecule has 0 aliphatic rings. The highest BCUT2D eigenvalue weighted by Gasteiger charge is 2.12. The van der Waals surface area contributed by atoms with E-state index < -0.39 is 0 Å². The zero-order chi connectivity index (χ0) is 19.0. The van der Waals surface area contributed by atoms with Gasteiger partial charge in [-0.15, -0.1) is 24.0 Å². The lowest BCUT2D eigenvalue weighted by atomic mass is 10.1. The van der Waals surface area contributed by atoms with Gasteiger partial charge >= 0.3 is 0 Å². The molecule has 1 atom stereocenters. The molecule has 0 radical (unpaired) electrons. The molecule has 6 nitrogen and oxygen atoms in total. The van der Waals surface area contributed by atoms with Crippen molar-refractivity contribution >= 4 is 29.9 Å². The van der Waals surface area contributed by atoms with Gasteiger partial charge in [-0.3, -0.25) is 4.99 Å². The number of rotatable bonds is 13. The molecule has 1 rings (SSSR count). The zero-order valence-electron chi connectivity index (χ0n) is 17.2. The highest BCUT2D eigenvalue weighted by Crippen LogP contribution is 2.07. The van der Waals surface area contributed by atoms with E-state index in [0.29, 0.717) is 19.3 Å². The zero-order valence-corrected chi connectivity index (χ0v) is 19.6. The summed E-state index contributed by atoms with van der Waals surface area (Å²) < 4.78 is 10.4. The third-order valence-electron chi connectivity index (χ3n) is 4.04. The number of nitrogens with zero attached hydrogens (tertiary/aromatic N) is 2. The van der Waals surface area contributed by atoms with Gasteiger partial charge in [-0.1, -0.05) is 30.3 Å². The van der Waals surface area contributed by atoms with Crippen molar-refractivity contribution in [1.82, 2.24) is 15.5 Å². The van der Waals surface area contributed by atoms with E-state index in [2.05, 4.69) is 66.9 Å². The first-order valence-corrected chi connectivity index (χ1v) is 9.46. The van der Waals surface area contributed by atoms with E-state index in [1.807, 2.05) is 0 Å². The summed E-state index contributed by atoms with van der Waals surface area (Å²) in [6, 6.07) is 10.9. The van der Waals surface area contributed by atoms with Crippen LogP contribution in [0, 0.1) is 0 Å². The summed E-state index contributed by atoms with van der Waals surface area (Å²) in [7, 11) is 5.91. The topological polar surface area (TPSA) is 58.1 Å². The van der Waals surface area contributed by atoms with Gasteiger partial charge in [0.15, 0.2) is 5.96 Å². The fourth-order valence-corrected chi connectivity index (χ4v) is 2.46. The van der Waals surface area contributed by atoms with Crippen LogP contribution in [-0.2, 0) is 15.9 Å². The van der Waals surface area contributed by atoms with E-state index >= 15 is 0 Å². The Morgan fingerprint density at radius 3 is 2.48 bits per heavy atom. The van der Waals surface area contributed by atoms with E-state index in [1.54, 1.807) is 7.11 Å². The summed E-state index contributed by atoms with van der Waals surface area (Å²) in [6.07, 6.45) is 1.93. The van der Waals surface area contributed by atoms with Crippen LogP contribution in [0.5, 0.6) is 0 Å². The van der Waals surface area contributed by atoms with Gasteiger partial charge in [-0.05, 0) is 39.4 Å². The summed E-state index contributed by atoms with van der Waals surface area (Å²) in [4.78, 5) is 7.01. The Kier molecular flexibility index (Phi) is 16.6. The minimum Gasteiger partial charge on any atom is -0.382 e. The second-order valence-electron chi connectivity index (χ2n) is 6.41. The Morgan fingerprint density at radius 1 is 1.11 bits per heavy atom. The molecule has 0 bridgehead atoms. The summed E-state index contributed by atoms with van der Waals surface area (Å²) in [5.41, 5.74) is 1.34. The number of benzene rings is 1. The first-order chi connectivity index (χ1) is 12.7. The Morgan fingerprint density at radius 2 is 1.85 bits per heavy atom. The van der Waals surface area contributed by atoms with Crippen LogP contribution in [0.25, 0.3) is 0 Å². The van der Waals surface area contributed by atoms with Gasteiger partial charge in [0.05, 0.1) is 19.8 Å². The van der Waals surface area contributed by atoms with E-state index in [0.717, 1.165) is 45.0 Å². The molecule has 0 aliphatic heterocycles. The molecule has 27 heavy (non-hydrogen) atoms. The number of hydrogen-bond donors (Lipinski definition) is 2. The number of methoxy groups -OCH3 is 1. The molecule has 0 saturated heterocycles. The minimum atomic E-state index is 0. The van der Waals surface area contributed by atoms with Gasteiger partial charge in [-0.2, -0.15) is 0 Å². The van der Waals surface area contributed by atoms with Crippen molar-refractivity contribution in [2.45, 2.75) is 25.8 Å². The average molecular weight is 492 g/mol. The Hall–Kier alpha value is -0.900. The number of hydrogen-bond acceptors (Lipinski definition) is 4. The molecule has 1 aromatic carbocycles. The minimum absolute atomic E-state index is 0. The van der Waals surface area contributed by atoms with Crippen LogP contribution in [0.4, 0.5) is 0 Å². The maximum atomic E-state index is 5.48. The monoisotopic (exact) mass is 492 g/mol. The molecule has 0 heterocycles. The lowest BCUT2D eigenvalue weighted by Gasteiger charge is -2.23. The van der Waals surface area contributed by atoms with E-state index in [-0.39, 0.29) is 24.0 Å². The van der Waals surface area contributed by atoms with Gasteiger partial charge in [0.2, 0.25) is 0 Å². The SMILES string of the molecule is CCNC(=NCC(Cc1ccccc1)N(C)C)NCCCOCCOC.I. The van der Waals surface area contributed by atoms with Crippen molar-refractivity contribution in [1.29, 1.82) is 0 Å². The van der Waals surface area contributed by atoms with Crippen molar-refractivity contribution < 1.29 is 9.47 Å². The van der Waals surface area contributed by atoms with Gasteiger partial charge in [0.25, 0.3) is 0 Å².